The van der Waals surface area contributed by atoms with Gasteiger partial charge in [-0.3, -0.25) is 4.79 Å². The van der Waals surface area contributed by atoms with Crippen LogP contribution in [0.4, 0.5) is 4.79 Å². The van der Waals surface area contributed by atoms with E-state index in [1.54, 1.807) is 0 Å². The number of amides is 3. The Balaban J connectivity index is 2.40. The molecule has 1 heterocycles. The normalized spacial score (nSPS) is 21.1. The Morgan fingerprint density at radius 2 is 2.00 bits per heavy atom. The summed E-state index contributed by atoms with van der Waals surface area (Å²) in [5.74, 6) is -1.19. The first-order chi connectivity index (χ1) is 9.99. The number of likely N-dealkylation sites (tertiary alicyclic amines) is 1. The van der Waals surface area contributed by atoms with Crippen LogP contribution in [0.15, 0.2) is 0 Å². The smallest absolute Gasteiger partial charge is 0.326 e. The Bertz CT molecular complexity index is 388. The lowest BCUT2D eigenvalue weighted by atomic mass is 10.2. The van der Waals surface area contributed by atoms with E-state index in [0.29, 0.717) is 6.54 Å². The molecule has 0 aliphatic carbocycles. The zero-order valence-electron chi connectivity index (χ0n) is 12.4. The van der Waals surface area contributed by atoms with Gasteiger partial charge in [0.2, 0.25) is 5.91 Å². The highest BCUT2D eigenvalue weighted by Crippen LogP contribution is 2.20. The molecule has 8 heteroatoms. The number of nitrogens with zero attached hydrogens (tertiary/aromatic N) is 1. The molecule has 120 valence electrons. The van der Waals surface area contributed by atoms with Crippen molar-refractivity contribution in [2.45, 2.75) is 38.3 Å². The fourth-order valence-corrected chi connectivity index (χ4v) is 2.16. The number of ether oxygens (including phenoxy) is 1. The molecule has 3 amide bonds. The van der Waals surface area contributed by atoms with Gasteiger partial charge in [-0.1, -0.05) is 6.92 Å². The summed E-state index contributed by atoms with van der Waals surface area (Å²) in [6.07, 6.45) is 1.02. The molecule has 0 aromatic carbocycles. The Morgan fingerprint density at radius 1 is 1.29 bits per heavy atom. The summed E-state index contributed by atoms with van der Waals surface area (Å²) in [6.45, 7) is 2.97. The molecule has 2 unspecified atom stereocenters. The van der Waals surface area contributed by atoms with E-state index in [4.69, 9.17) is 9.84 Å². The van der Waals surface area contributed by atoms with Gasteiger partial charge in [0.05, 0.1) is 6.10 Å². The van der Waals surface area contributed by atoms with Gasteiger partial charge in [-0.05, 0) is 6.42 Å². The third-order valence-electron chi connectivity index (χ3n) is 3.34. The fraction of sp³-hybridized carbons (Fsp3) is 0.769. The predicted octanol–water partition coefficient (Wildman–Crippen LogP) is -0.214. The first-order valence-electron chi connectivity index (χ1n) is 7.06. The Labute approximate surface area is 123 Å². The largest absolute Gasteiger partial charge is 0.480 e. The summed E-state index contributed by atoms with van der Waals surface area (Å²) >= 11 is 0. The SMILES string of the molecule is CCCNC(=O)CCNC(=O)N1CC(OC)CC1C(=O)O. The number of nitrogens with one attached hydrogen (secondary N) is 2. The van der Waals surface area contributed by atoms with E-state index in [1.165, 1.54) is 12.0 Å². The number of carbonyl (C=O) groups excluding carboxylic acids is 2. The highest BCUT2D eigenvalue weighted by atomic mass is 16.5. The van der Waals surface area contributed by atoms with Gasteiger partial charge >= 0.3 is 12.0 Å². The molecule has 21 heavy (non-hydrogen) atoms. The van der Waals surface area contributed by atoms with Crippen molar-refractivity contribution in [3.63, 3.8) is 0 Å². The molecule has 0 aromatic rings. The van der Waals surface area contributed by atoms with E-state index in [9.17, 15) is 14.4 Å². The van der Waals surface area contributed by atoms with Crippen LogP contribution in [0.3, 0.4) is 0 Å². The maximum Gasteiger partial charge on any atom is 0.326 e. The number of carboxylic acids is 1. The first kappa shape index (κ1) is 17.2. The minimum absolute atomic E-state index is 0.136. The van der Waals surface area contributed by atoms with Gasteiger partial charge in [0, 0.05) is 39.6 Å². The average Bonchev–Trinajstić information content (AvgIpc) is 2.89. The van der Waals surface area contributed by atoms with Gasteiger partial charge in [0.25, 0.3) is 0 Å². The summed E-state index contributed by atoms with van der Waals surface area (Å²) in [4.78, 5) is 35.7. The molecule has 1 rings (SSSR count). The second-order valence-electron chi connectivity index (χ2n) is 4.93. The van der Waals surface area contributed by atoms with E-state index < -0.39 is 18.0 Å². The fourth-order valence-electron chi connectivity index (χ4n) is 2.16. The van der Waals surface area contributed by atoms with E-state index in [2.05, 4.69) is 10.6 Å². The van der Waals surface area contributed by atoms with Crippen LogP contribution in [0.2, 0.25) is 0 Å². The lowest BCUT2D eigenvalue weighted by molar-refractivity contribution is -0.141. The minimum atomic E-state index is -1.05. The van der Waals surface area contributed by atoms with Crippen LogP contribution in [0.1, 0.15) is 26.2 Å². The number of aliphatic carboxylic acids is 1. The van der Waals surface area contributed by atoms with E-state index >= 15 is 0 Å². The van der Waals surface area contributed by atoms with Crippen LogP contribution in [-0.4, -0.2) is 66.8 Å². The maximum atomic E-state index is 12.0. The second-order valence-corrected chi connectivity index (χ2v) is 4.93. The molecule has 0 radical (unpaired) electrons. The number of rotatable bonds is 7. The van der Waals surface area contributed by atoms with Crippen molar-refractivity contribution in [3.8, 4) is 0 Å². The number of methoxy groups -OCH3 is 1. The van der Waals surface area contributed by atoms with Crippen LogP contribution in [0.25, 0.3) is 0 Å². The van der Waals surface area contributed by atoms with Crippen LogP contribution < -0.4 is 10.6 Å². The van der Waals surface area contributed by atoms with E-state index in [-0.39, 0.29) is 37.9 Å². The molecule has 8 nitrogen and oxygen atoms in total. The summed E-state index contributed by atoms with van der Waals surface area (Å²) in [6, 6.07) is -1.37. The third kappa shape index (κ3) is 5.22. The molecule has 1 aliphatic heterocycles. The van der Waals surface area contributed by atoms with Crippen LogP contribution in [0.5, 0.6) is 0 Å². The number of urea groups is 1. The molecule has 0 aromatic heterocycles. The van der Waals surface area contributed by atoms with Gasteiger partial charge in [-0.15, -0.1) is 0 Å². The van der Waals surface area contributed by atoms with Crippen molar-refractivity contribution < 1.29 is 24.2 Å². The minimum Gasteiger partial charge on any atom is -0.480 e. The first-order valence-corrected chi connectivity index (χ1v) is 7.06. The second kappa shape index (κ2) is 8.46. The standard InChI is InChI=1S/C13H23N3O5/c1-3-5-14-11(17)4-6-15-13(20)16-8-9(21-2)7-10(16)12(18)19/h9-10H,3-8H2,1-2H3,(H,14,17)(H,15,20)(H,18,19). The number of carboxylic acid groups (broad SMARTS) is 1. The molecular weight excluding hydrogens is 278 g/mol. The number of hydrogen-bond acceptors (Lipinski definition) is 4. The average molecular weight is 301 g/mol. The zero-order chi connectivity index (χ0) is 15.8. The quantitative estimate of drug-likeness (QED) is 0.603. The molecule has 1 saturated heterocycles. The Kier molecular flexibility index (Phi) is 6.93. The van der Waals surface area contributed by atoms with Gasteiger partial charge in [-0.25, -0.2) is 9.59 Å². The van der Waals surface area contributed by atoms with Gasteiger partial charge < -0.3 is 25.4 Å². The van der Waals surface area contributed by atoms with Gasteiger partial charge in [0.1, 0.15) is 6.04 Å². The highest BCUT2D eigenvalue weighted by Gasteiger charge is 2.39. The summed E-state index contributed by atoms with van der Waals surface area (Å²) in [5.41, 5.74) is 0. The van der Waals surface area contributed by atoms with Gasteiger partial charge in [-0.2, -0.15) is 0 Å². The highest BCUT2D eigenvalue weighted by molar-refractivity contribution is 5.84. The monoisotopic (exact) mass is 301 g/mol. The van der Waals surface area contributed by atoms with E-state index in [0.717, 1.165) is 6.42 Å². The summed E-state index contributed by atoms with van der Waals surface area (Å²) < 4.78 is 5.11. The van der Waals surface area contributed by atoms with E-state index in [1.807, 2.05) is 6.92 Å². The maximum absolute atomic E-state index is 12.0. The predicted molar refractivity (Wildman–Crippen MR) is 74.9 cm³/mol. The number of hydrogen-bond donors (Lipinski definition) is 3. The molecular formula is C13H23N3O5. The van der Waals surface area contributed by atoms with Crippen molar-refractivity contribution in [2.75, 3.05) is 26.7 Å². The third-order valence-corrected chi connectivity index (χ3v) is 3.34. The lowest BCUT2D eigenvalue weighted by Gasteiger charge is -2.21. The lowest BCUT2D eigenvalue weighted by Crippen LogP contribution is -2.46. The topological polar surface area (TPSA) is 108 Å². The zero-order valence-corrected chi connectivity index (χ0v) is 12.4. The van der Waals surface area contributed by atoms with Crippen molar-refractivity contribution >= 4 is 17.9 Å². The molecule has 2 atom stereocenters. The van der Waals surface area contributed by atoms with Crippen LogP contribution in [-0.2, 0) is 14.3 Å². The molecule has 0 bridgehead atoms. The van der Waals surface area contributed by atoms with Crippen molar-refractivity contribution in [3.05, 3.63) is 0 Å². The summed E-state index contributed by atoms with van der Waals surface area (Å²) in [7, 11) is 1.49. The number of carbonyl (C=O) groups is 3. The van der Waals surface area contributed by atoms with Crippen molar-refractivity contribution in [1.82, 2.24) is 15.5 Å². The molecule has 3 N–H and O–H groups in total. The molecule has 1 aliphatic rings. The Morgan fingerprint density at radius 3 is 2.57 bits per heavy atom. The van der Waals surface area contributed by atoms with Crippen molar-refractivity contribution in [2.24, 2.45) is 0 Å². The molecule has 1 fully saturated rings. The van der Waals surface area contributed by atoms with Crippen LogP contribution in [0, 0.1) is 0 Å². The van der Waals surface area contributed by atoms with Gasteiger partial charge in [0.15, 0.2) is 0 Å². The molecule has 0 spiro atoms. The molecule has 0 saturated carbocycles. The van der Waals surface area contributed by atoms with Crippen LogP contribution >= 0.6 is 0 Å². The summed E-state index contributed by atoms with van der Waals surface area (Å²) in [5, 5.41) is 14.4. The van der Waals surface area contributed by atoms with Crippen molar-refractivity contribution in [1.29, 1.82) is 0 Å². The Hall–Kier alpha value is -1.83.